The molecule has 20 heavy (non-hydrogen) atoms. The molecule has 4 nitrogen and oxygen atoms in total. The molecule has 1 heterocycles. The average molecular weight is 297 g/mol. The van der Waals surface area contributed by atoms with E-state index in [1.807, 2.05) is 37.3 Å². The number of nitrogens with zero attached hydrogens (tertiary/aromatic N) is 1. The number of sulfonamides is 1. The van der Waals surface area contributed by atoms with Crippen molar-refractivity contribution in [2.45, 2.75) is 32.2 Å². The van der Waals surface area contributed by atoms with E-state index in [0.29, 0.717) is 13.0 Å². The predicted molar refractivity (Wildman–Crippen MR) is 79.9 cm³/mol. The summed E-state index contributed by atoms with van der Waals surface area (Å²) in [5.74, 6) is 0.220. The van der Waals surface area contributed by atoms with E-state index in [4.69, 9.17) is 0 Å². The maximum Gasteiger partial charge on any atom is 0.214 e. The van der Waals surface area contributed by atoms with Crippen LogP contribution in [0.5, 0.6) is 0 Å². The predicted octanol–water partition coefficient (Wildman–Crippen LogP) is 1.65. The second kappa shape index (κ2) is 6.70. The smallest absolute Gasteiger partial charge is 0.214 e. The van der Waals surface area contributed by atoms with Crippen LogP contribution in [0.25, 0.3) is 0 Å². The number of hydrogen-bond donors (Lipinski definition) is 1. The molecule has 0 aromatic heterocycles. The second-order valence-corrected chi connectivity index (χ2v) is 7.64. The molecule has 1 fully saturated rings. The van der Waals surface area contributed by atoms with Gasteiger partial charge in [-0.1, -0.05) is 30.3 Å². The van der Waals surface area contributed by atoms with Gasteiger partial charge in [-0.2, -0.15) is 4.31 Å². The van der Waals surface area contributed by atoms with Gasteiger partial charge < -0.3 is 5.11 Å². The first-order valence-electron chi connectivity index (χ1n) is 7.17. The van der Waals surface area contributed by atoms with Crippen LogP contribution >= 0.6 is 0 Å². The first kappa shape index (κ1) is 15.5. The summed E-state index contributed by atoms with van der Waals surface area (Å²) in [4.78, 5) is 0. The number of aliphatic hydroxyl groups is 1. The molecule has 2 atom stereocenters. The van der Waals surface area contributed by atoms with Crippen LogP contribution < -0.4 is 0 Å². The van der Waals surface area contributed by atoms with Crippen LogP contribution in [0, 0.1) is 5.92 Å². The molecule has 0 bridgehead atoms. The van der Waals surface area contributed by atoms with E-state index in [0.717, 1.165) is 18.4 Å². The number of aliphatic hydroxyl groups excluding tert-OH is 1. The first-order valence-corrected chi connectivity index (χ1v) is 8.78. The molecule has 112 valence electrons. The third-order valence-corrected chi connectivity index (χ3v) is 5.97. The minimum Gasteiger partial charge on any atom is -0.396 e. The summed E-state index contributed by atoms with van der Waals surface area (Å²) < 4.78 is 26.5. The first-order chi connectivity index (χ1) is 9.53. The molecule has 1 aromatic carbocycles. The zero-order valence-corrected chi connectivity index (χ0v) is 12.7. The van der Waals surface area contributed by atoms with E-state index in [2.05, 4.69) is 0 Å². The van der Waals surface area contributed by atoms with Crippen LogP contribution in [0.2, 0.25) is 0 Å². The van der Waals surface area contributed by atoms with Crippen LogP contribution in [-0.4, -0.2) is 42.8 Å². The lowest BCUT2D eigenvalue weighted by molar-refractivity contribution is 0.139. The van der Waals surface area contributed by atoms with Gasteiger partial charge in [0.25, 0.3) is 0 Å². The standard InChI is InChI=1S/C15H23NO3S/c1-13-7-8-15(12-17)11-16(13)20(18,19)10-9-14-5-3-2-4-6-14/h2-6,13,15,17H,7-12H2,1H3. The lowest BCUT2D eigenvalue weighted by atomic mass is 9.96. The van der Waals surface area contributed by atoms with E-state index in [-0.39, 0.29) is 24.3 Å². The minimum absolute atomic E-state index is 0.0403. The van der Waals surface area contributed by atoms with Gasteiger partial charge in [-0.15, -0.1) is 0 Å². The molecule has 2 rings (SSSR count). The van der Waals surface area contributed by atoms with Gasteiger partial charge in [-0.25, -0.2) is 8.42 Å². The quantitative estimate of drug-likeness (QED) is 0.899. The van der Waals surface area contributed by atoms with Crippen LogP contribution in [0.4, 0.5) is 0 Å². The van der Waals surface area contributed by atoms with Crippen molar-refractivity contribution in [2.75, 3.05) is 18.9 Å². The third kappa shape index (κ3) is 3.81. The Balaban J connectivity index is 2.01. The molecule has 1 saturated heterocycles. The van der Waals surface area contributed by atoms with Gasteiger partial charge in [0.05, 0.1) is 5.75 Å². The van der Waals surface area contributed by atoms with Crippen LogP contribution in [0.3, 0.4) is 0 Å². The number of piperidine rings is 1. The number of rotatable bonds is 5. The number of benzene rings is 1. The third-order valence-electron chi connectivity index (χ3n) is 4.03. The summed E-state index contributed by atoms with van der Waals surface area (Å²) in [7, 11) is -3.25. The van der Waals surface area contributed by atoms with Gasteiger partial charge in [-0.3, -0.25) is 0 Å². The highest BCUT2D eigenvalue weighted by atomic mass is 32.2. The molecule has 2 unspecified atom stereocenters. The molecule has 0 amide bonds. The molecule has 1 aliphatic heterocycles. The van der Waals surface area contributed by atoms with Crippen molar-refractivity contribution in [2.24, 2.45) is 5.92 Å². The maximum atomic E-state index is 12.5. The summed E-state index contributed by atoms with van der Waals surface area (Å²) >= 11 is 0. The molecule has 0 aliphatic carbocycles. The van der Waals surface area contributed by atoms with Gasteiger partial charge in [0.15, 0.2) is 0 Å². The fourth-order valence-corrected chi connectivity index (χ4v) is 4.51. The molecule has 5 heteroatoms. The molecule has 0 saturated carbocycles. The van der Waals surface area contributed by atoms with E-state index in [9.17, 15) is 13.5 Å². The lowest BCUT2D eigenvalue weighted by Gasteiger charge is -2.36. The van der Waals surface area contributed by atoms with Crippen molar-refractivity contribution in [3.05, 3.63) is 35.9 Å². The maximum absolute atomic E-state index is 12.5. The topological polar surface area (TPSA) is 57.6 Å². The van der Waals surface area contributed by atoms with E-state index in [1.54, 1.807) is 4.31 Å². The summed E-state index contributed by atoms with van der Waals surface area (Å²) in [6.45, 7) is 2.47. The van der Waals surface area contributed by atoms with Gasteiger partial charge in [0.1, 0.15) is 0 Å². The molecule has 1 aliphatic rings. The Hall–Kier alpha value is -0.910. The van der Waals surface area contributed by atoms with Crippen LogP contribution in [0.1, 0.15) is 25.3 Å². The van der Waals surface area contributed by atoms with Crippen molar-refractivity contribution in [1.82, 2.24) is 4.31 Å². The summed E-state index contributed by atoms with van der Waals surface area (Å²) in [5, 5.41) is 9.25. The molecule has 0 spiro atoms. The zero-order chi connectivity index (χ0) is 14.6. The second-order valence-electron chi connectivity index (χ2n) is 5.60. The fraction of sp³-hybridized carbons (Fsp3) is 0.600. The summed E-state index contributed by atoms with van der Waals surface area (Å²) in [6, 6.07) is 9.72. The van der Waals surface area contributed by atoms with Crippen molar-refractivity contribution in [3.8, 4) is 0 Å². The Bertz CT molecular complexity index is 515. The Kier molecular flexibility index (Phi) is 5.18. The van der Waals surface area contributed by atoms with E-state index in [1.165, 1.54) is 0 Å². The SMILES string of the molecule is CC1CCC(CO)CN1S(=O)(=O)CCc1ccccc1. The highest BCUT2D eigenvalue weighted by Crippen LogP contribution is 2.24. The summed E-state index contributed by atoms with van der Waals surface area (Å²) in [5.41, 5.74) is 1.04. The van der Waals surface area contributed by atoms with Gasteiger partial charge in [0.2, 0.25) is 10.0 Å². The summed E-state index contributed by atoms with van der Waals surface area (Å²) in [6.07, 6.45) is 2.27. The lowest BCUT2D eigenvalue weighted by Crippen LogP contribution is -2.47. The Morgan fingerprint density at radius 2 is 1.95 bits per heavy atom. The van der Waals surface area contributed by atoms with Gasteiger partial charge >= 0.3 is 0 Å². The van der Waals surface area contributed by atoms with Crippen molar-refractivity contribution >= 4 is 10.0 Å². The molecule has 1 aromatic rings. The van der Waals surface area contributed by atoms with Crippen molar-refractivity contribution in [3.63, 3.8) is 0 Å². The zero-order valence-electron chi connectivity index (χ0n) is 11.9. The van der Waals surface area contributed by atoms with Gasteiger partial charge in [-0.05, 0) is 37.7 Å². The molecular formula is C15H23NO3S. The van der Waals surface area contributed by atoms with Crippen LogP contribution in [0.15, 0.2) is 30.3 Å². The number of aryl methyl sites for hydroxylation is 1. The molecule has 0 radical (unpaired) electrons. The molecule has 1 N–H and O–H groups in total. The Labute approximate surface area is 121 Å². The van der Waals surface area contributed by atoms with Crippen molar-refractivity contribution in [1.29, 1.82) is 0 Å². The Morgan fingerprint density at radius 3 is 2.60 bits per heavy atom. The highest BCUT2D eigenvalue weighted by Gasteiger charge is 2.33. The van der Waals surface area contributed by atoms with E-state index >= 15 is 0 Å². The monoisotopic (exact) mass is 297 g/mol. The van der Waals surface area contributed by atoms with E-state index < -0.39 is 10.0 Å². The Morgan fingerprint density at radius 1 is 1.25 bits per heavy atom. The minimum atomic E-state index is -3.25. The molecular weight excluding hydrogens is 274 g/mol. The van der Waals surface area contributed by atoms with Gasteiger partial charge in [0, 0.05) is 19.2 Å². The van der Waals surface area contributed by atoms with Crippen molar-refractivity contribution < 1.29 is 13.5 Å². The highest BCUT2D eigenvalue weighted by molar-refractivity contribution is 7.89. The average Bonchev–Trinajstić information content (AvgIpc) is 2.47. The fourth-order valence-electron chi connectivity index (χ4n) is 2.69. The number of hydrogen-bond acceptors (Lipinski definition) is 3. The van der Waals surface area contributed by atoms with Crippen LogP contribution in [-0.2, 0) is 16.4 Å². The largest absolute Gasteiger partial charge is 0.396 e. The normalized spacial score (nSPS) is 24.7.